The van der Waals surface area contributed by atoms with Crippen molar-refractivity contribution < 1.29 is 23.7 Å². The molecule has 2 fully saturated rings. The van der Waals surface area contributed by atoms with Crippen molar-refractivity contribution in [2.45, 2.75) is 12.1 Å². The molecule has 0 spiro atoms. The number of hydrogen-bond donors (Lipinski definition) is 0. The van der Waals surface area contributed by atoms with Gasteiger partial charge >= 0.3 is 0 Å². The number of nitro groups is 1. The van der Waals surface area contributed by atoms with Gasteiger partial charge in [0.2, 0.25) is 11.8 Å². The van der Waals surface area contributed by atoms with Gasteiger partial charge in [-0.3, -0.25) is 24.5 Å². The zero-order chi connectivity index (χ0) is 24.1. The monoisotopic (exact) mass is 458 g/mol. The first-order valence-electron chi connectivity index (χ1n) is 10.3. The number of anilines is 1. The second-order valence-electron chi connectivity index (χ2n) is 8.15. The van der Waals surface area contributed by atoms with Crippen molar-refractivity contribution in [1.29, 1.82) is 5.26 Å². The number of nitriles is 1. The van der Waals surface area contributed by atoms with Crippen LogP contribution in [0.4, 0.5) is 15.8 Å². The molecule has 0 N–H and O–H groups in total. The molecule has 2 amide bonds. The molecule has 4 atom stereocenters. The van der Waals surface area contributed by atoms with Crippen molar-refractivity contribution in [3.8, 4) is 6.07 Å². The van der Waals surface area contributed by atoms with E-state index in [1.54, 1.807) is 4.90 Å². The molecular formula is C24H15FN4O5. The van der Waals surface area contributed by atoms with Crippen LogP contribution in [0.15, 0.2) is 72.5 Å². The van der Waals surface area contributed by atoms with Crippen molar-refractivity contribution in [1.82, 2.24) is 4.90 Å². The van der Waals surface area contributed by atoms with Crippen LogP contribution in [0.25, 0.3) is 0 Å². The van der Waals surface area contributed by atoms with Gasteiger partial charge in [-0.05, 0) is 30.4 Å². The van der Waals surface area contributed by atoms with E-state index < -0.39 is 52.3 Å². The average Bonchev–Trinajstić information content (AvgIpc) is 3.30. The summed E-state index contributed by atoms with van der Waals surface area (Å²) in [6, 6.07) is 10.3. The number of allylic oxidation sites excluding steroid dienone is 2. The number of rotatable bonds is 4. The van der Waals surface area contributed by atoms with Crippen LogP contribution in [-0.2, 0) is 9.59 Å². The number of hydrogen-bond acceptors (Lipinski definition) is 7. The fourth-order valence-corrected chi connectivity index (χ4v) is 4.93. The van der Waals surface area contributed by atoms with Crippen molar-refractivity contribution >= 4 is 29.0 Å². The summed E-state index contributed by atoms with van der Waals surface area (Å²) in [4.78, 5) is 53.5. The van der Waals surface area contributed by atoms with Gasteiger partial charge in [0.25, 0.3) is 5.69 Å². The number of non-ortho nitro benzene ring substituents is 1. The van der Waals surface area contributed by atoms with Crippen molar-refractivity contribution in [2.24, 2.45) is 11.8 Å². The maximum absolute atomic E-state index is 13.8. The Balaban J connectivity index is 1.61. The average molecular weight is 458 g/mol. The molecule has 9 nitrogen and oxygen atoms in total. The molecule has 3 aliphatic rings. The Morgan fingerprint density at radius 2 is 1.82 bits per heavy atom. The number of halogens is 1. The normalized spacial score (nSPS) is 25.0. The summed E-state index contributed by atoms with van der Waals surface area (Å²) in [6.45, 7) is 0. The van der Waals surface area contributed by atoms with Crippen molar-refractivity contribution in [2.75, 3.05) is 4.90 Å². The first-order chi connectivity index (χ1) is 16.3. The van der Waals surface area contributed by atoms with Gasteiger partial charge in [0, 0.05) is 23.9 Å². The predicted molar refractivity (Wildman–Crippen MR) is 116 cm³/mol. The summed E-state index contributed by atoms with van der Waals surface area (Å²) in [5.74, 6) is -4.58. The molecule has 0 saturated carbocycles. The Kier molecular flexibility index (Phi) is 4.83. The molecule has 2 saturated heterocycles. The number of fused-ring (bicyclic) bond motifs is 3. The third-order valence-electron chi connectivity index (χ3n) is 6.35. The molecule has 3 aliphatic heterocycles. The molecule has 0 aromatic heterocycles. The second kappa shape index (κ2) is 7.74. The number of nitrogens with zero attached hydrogens (tertiary/aromatic N) is 4. The molecule has 10 heteroatoms. The first-order valence-corrected chi connectivity index (χ1v) is 10.3. The molecule has 2 aromatic carbocycles. The zero-order valence-electron chi connectivity index (χ0n) is 17.4. The van der Waals surface area contributed by atoms with E-state index in [1.807, 2.05) is 6.07 Å². The molecule has 34 heavy (non-hydrogen) atoms. The maximum atomic E-state index is 13.8. The lowest BCUT2D eigenvalue weighted by molar-refractivity contribution is -0.384. The van der Waals surface area contributed by atoms with Crippen LogP contribution in [0.2, 0.25) is 0 Å². The highest BCUT2D eigenvalue weighted by atomic mass is 19.1. The van der Waals surface area contributed by atoms with Gasteiger partial charge in [-0.1, -0.05) is 18.2 Å². The van der Waals surface area contributed by atoms with E-state index in [2.05, 4.69) is 0 Å². The summed E-state index contributed by atoms with van der Waals surface area (Å²) in [7, 11) is 0. The summed E-state index contributed by atoms with van der Waals surface area (Å²) in [6.07, 6.45) is 4.50. The second-order valence-corrected chi connectivity index (χ2v) is 8.15. The summed E-state index contributed by atoms with van der Waals surface area (Å²) in [5, 5.41) is 20.5. The van der Waals surface area contributed by atoms with E-state index in [0.29, 0.717) is 0 Å². The standard InChI is InChI=1S/C24H15FN4O5/c25-15-4-2-5-16(11-15)28-23(31)19-18-9-13(12-26)7-8-27(18)21(20(19)24(28)32)22(30)14-3-1-6-17(10-14)29(33)34/h1-11,18-21H/t18-,19+,20-,21-/m1/s1. The molecule has 5 rings (SSSR count). The number of nitro benzene ring substituents is 1. The molecule has 0 unspecified atom stereocenters. The lowest BCUT2D eigenvalue weighted by Crippen LogP contribution is -2.46. The van der Waals surface area contributed by atoms with Gasteiger partial charge in [0.1, 0.15) is 11.9 Å². The maximum Gasteiger partial charge on any atom is 0.270 e. The van der Waals surface area contributed by atoms with Crippen LogP contribution in [-0.4, -0.2) is 39.5 Å². The Bertz CT molecular complexity index is 1380. The number of Topliss-reactive ketones (excluding diaryl/α,β-unsaturated/α-hetero) is 1. The largest absolute Gasteiger partial charge is 0.359 e. The third-order valence-corrected chi connectivity index (χ3v) is 6.35. The number of benzene rings is 2. The van der Waals surface area contributed by atoms with E-state index in [0.717, 1.165) is 17.0 Å². The molecule has 2 aromatic rings. The Morgan fingerprint density at radius 1 is 1.09 bits per heavy atom. The Hall–Kier alpha value is -4.65. The molecule has 168 valence electrons. The van der Waals surface area contributed by atoms with Gasteiger partial charge < -0.3 is 4.90 Å². The Morgan fingerprint density at radius 3 is 2.53 bits per heavy atom. The predicted octanol–water partition coefficient (Wildman–Crippen LogP) is 2.75. The minimum absolute atomic E-state index is 0.0199. The highest BCUT2D eigenvalue weighted by molar-refractivity contribution is 6.24. The molecule has 0 bridgehead atoms. The van der Waals surface area contributed by atoms with E-state index in [9.17, 15) is 34.2 Å². The van der Waals surface area contributed by atoms with Crippen LogP contribution in [0.3, 0.4) is 0 Å². The number of carbonyl (C=O) groups excluding carboxylic acids is 3. The van der Waals surface area contributed by atoms with Crippen molar-refractivity contribution in [3.63, 3.8) is 0 Å². The molecule has 0 aliphatic carbocycles. The minimum Gasteiger partial charge on any atom is -0.359 e. The molecular weight excluding hydrogens is 443 g/mol. The van der Waals surface area contributed by atoms with Crippen LogP contribution >= 0.6 is 0 Å². The van der Waals surface area contributed by atoms with Gasteiger partial charge in [0.05, 0.1) is 40.1 Å². The summed E-state index contributed by atoms with van der Waals surface area (Å²) in [5.41, 5.74) is 0.0563. The highest BCUT2D eigenvalue weighted by Crippen LogP contribution is 2.47. The third kappa shape index (κ3) is 3.09. The van der Waals surface area contributed by atoms with Gasteiger partial charge in [-0.15, -0.1) is 0 Å². The lowest BCUT2D eigenvalue weighted by atomic mass is 9.86. The SMILES string of the molecule is N#CC1=C[C@@H]2[C@@H]3C(=O)N(c4cccc(F)c4)C(=O)[C@H]3[C@H](C(=O)c3cccc([N+](=O)[O-])c3)N2C=C1. The molecule has 3 heterocycles. The molecule has 0 radical (unpaired) electrons. The van der Waals surface area contributed by atoms with Crippen LogP contribution < -0.4 is 4.90 Å². The highest BCUT2D eigenvalue weighted by Gasteiger charge is 2.63. The fraction of sp³-hybridized carbons (Fsp3) is 0.167. The lowest BCUT2D eigenvalue weighted by Gasteiger charge is -2.32. The summed E-state index contributed by atoms with van der Waals surface area (Å²) < 4.78 is 13.8. The minimum atomic E-state index is -1.14. The van der Waals surface area contributed by atoms with E-state index >= 15 is 0 Å². The van der Waals surface area contributed by atoms with Gasteiger partial charge in [-0.2, -0.15) is 5.26 Å². The van der Waals surface area contributed by atoms with Crippen LogP contribution in [0.1, 0.15) is 10.4 Å². The number of imide groups is 1. The van der Waals surface area contributed by atoms with Crippen LogP contribution in [0, 0.1) is 39.1 Å². The van der Waals surface area contributed by atoms with E-state index in [4.69, 9.17) is 0 Å². The van der Waals surface area contributed by atoms with Gasteiger partial charge in [-0.25, -0.2) is 9.29 Å². The van der Waals surface area contributed by atoms with E-state index in [1.165, 1.54) is 54.8 Å². The first kappa shape index (κ1) is 21.2. The smallest absolute Gasteiger partial charge is 0.270 e. The van der Waals surface area contributed by atoms with E-state index in [-0.39, 0.29) is 22.5 Å². The zero-order valence-corrected chi connectivity index (χ0v) is 17.4. The number of ketones is 1. The van der Waals surface area contributed by atoms with Gasteiger partial charge in [0.15, 0.2) is 5.78 Å². The summed E-state index contributed by atoms with van der Waals surface area (Å²) >= 11 is 0. The topological polar surface area (TPSA) is 125 Å². The number of amides is 2. The van der Waals surface area contributed by atoms with Crippen LogP contribution in [0.5, 0.6) is 0 Å². The van der Waals surface area contributed by atoms with Crippen molar-refractivity contribution in [3.05, 3.63) is 94.0 Å². The fourth-order valence-electron chi connectivity index (χ4n) is 4.93. The quantitative estimate of drug-likeness (QED) is 0.299. The Labute approximate surface area is 192 Å². The number of carbonyl (C=O) groups is 3.